The zero-order chi connectivity index (χ0) is 18.2. The molecule has 0 spiro atoms. The van der Waals surface area contributed by atoms with E-state index in [1.54, 1.807) is 11.8 Å². The number of nitrogens with zero attached hydrogens (tertiary/aromatic N) is 1. The molecule has 0 aromatic heterocycles. The number of likely N-dealkylation sites (tertiary alicyclic amines) is 1. The fourth-order valence-electron chi connectivity index (χ4n) is 3.93. The Hall–Kier alpha value is -1.81. The fraction of sp³-hybridized carbons (Fsp3) is 0.571. The Morgan fingerprint density at radius 2 is 1.88 bits per heavy atom. The van der Waals surface area contributed by atoms with E-state index in [0.29, 0.717) is 31.3 Å². The molecule has 0 saturated carbocycles. The van der Waals surface area contributed by atoms with Gasteiger partial charge in [0.25, 0.3) is 0 Å². The minimum absolute atomic E-state index is 0.0787. The molecule has 1 aromatic rings. The van der Waals surface area contributed by atoms with E-state index in [9.17, 15) is 9.90 Å². The molecule has 3 rings (SSSR count). The first-order valence-corrected chi connectivity index (χ1v) is 9.28. The maximum Gasteiger partial charge on any atom is 0.219 e. The lowest BCUT2D eigenvalue weighted by Gasteiger charge is -2.38. The van der Waals surface area contributed by atoms with Gasteiger partial charge in [0.05, 0.1) is 5.60 Å². The summed E-state index contributed by atoms with van der Waals surface area (Å²) in [6.07, 6.45) is 6.69. The molecule has 1 aliphatic carbocycles. The lowest BCUT2D eigenvalue weighted by Crippen LogP contribution is -2.44. The molecule has 1 aliphatic heterocycles. The van der Waals surface area contributed by atoms with Gasteiger partial charge in [-0.15, -0.1) is 0 Å². The van der Waals surface area contributed by atoms with E-state index in [0.717, 1.165) is 36.1 Å². The third-order valence-corrected chi connectivity index (χ3v) is 5.94. The van der Waals surface area contributed by atoms with Crippen molar-refractivity contribution < 1.29 is 9.90 Å². The Labute approximate surface area is 150 Å². The van der Waals surface area contributed by atoms with E-state index >= 15 is 0 Å². The van der Waals surface area contributed by atoms with Crippen LogP contribution in [-0.4, -0.2) is 29.0 Å². The van der Waals surface area contributed by atoms with Gasteiger partial charge < -0.3 is 15.7 Å². The van der Waals surface area contributed by atoms with Crippen molar-refractivity contribution in [1.29, 1.82) is 0 Å². The number of hydrogen-bond acceptors (Lipinski definition) is 3. The summed E-state index contributed by atoms with van der Waals surface area (Å²) in [5, 5.41) is 11.1. The predicted molar refractivity (Wildman–Crippen MR) is 102 cm³/mol. The van der Waals surface area contributed by atoms with Gasteiger partial charge in [0.15, 0.2) is 0 Å². The van der Waals surface area contributed by atoms with Gasteiger partial charge in [-0.25, -0.2) is 0 Å². The van der Waals surface area contributed by atoms with Crippen LogP contribution in [0.1, 0.15) is 64.0 Å². The molecule has 0 bridgehead atoms. The number of anilines is 1. The van der Waals surface area contributed by atoms with Crippen molar-refractivity contribution in [2.45, 2.75) is 58.5 Å². The molecule has 1 aromatic carbocycles. The molecule has 1 amide bonds. The first kappa shape index (κ1) is 18.0. The number of carbonyl (C=O) groups is 1. The molecule has 25 heavy (non-hydrogen) atoms. The predicted octanol–water partition coefficient (Wildman–Crippen LogP) is 3.69. The summed E-state index contributed by atoms with van der Waals surface area (Å²) in [6.45, 7) is 7.38. The van der Waals surface area contributed by atoms with Crippen molar-refractivity contribution in [2.75, 3.05) is 18.8 Å². The summed E-state index contributed by atoms with van der Waals surface area (Å²) < 4.78 is 0. The number of allylic oxidation sites excluding steroid dienone is 2. The Morgan fingerprint density at radius 1 is 1.20 bits per heavy atom. The maximum atomic E-state index is 11.5. The number of nitrogens with two attached hydrogens (primary N) is 1. The first-order valence-electron chi connectivity index (χ1n) is 9.28. The summed E-state index contributed by atoms with van der Waals surface area (Å²) in [6, 6.07) is 5.93. The van der Waals surface area contributed by atoms with E-state index in [1.165, 1.54) is 5.57 Å². The van der Waals surface area contributed by atoms with Gasteiger partial charge in [0.2, 0.25) is 5.91 Å². The SMILES string of the molecule is CC(=O)N1CCC(O)(c2ccc(N)c(C3=CCC(C)(C)CC3)c2)CC1. The van der Waals surface area contributed by atoms with Crippen LogP contribution in [0.5, 0.6) is 0 Å². The van der Waals surface area contributed by atoms with Gasteiger partial charge in [-0.2, -0.15) is 0 Å². The van der Waals surface area contributed by atoms with Gasteiger partial charge in [0, 0.05) is 31.3 Å². The normalized spacial score (nSPS) is 22.4. The number of benzene rings is 1. The molecule has 136 valence electrons. The smallest absolute Gasteiger partial charge is 0.219 e. The van der Waals surface area contributed by atoms with Crippen LogP contribution in [0.15, 0.2) is 24.3 Å². The average Bonchev–Trinajstić information content (AvgIpc) is 2.56. The highest BCUT2D eigenvalue weighted by atomic mass is 16.3. The monoisotopic (exact) mass is 342 g/mol. The van der Waals surface area contributed by atoms with Crippen LogP contribution >= 0.6 is 0 Å². The van der Waals surface area contributed by atoms with Crippen molar-refractivity contribution in [2.24, 2.45) is 5.41 Å². The van der Waals surface area contributed by atoms with Crippen molar-refractivity contribution >= 4 is 17.2 Å². The summed E-state index contributed by atoms with van der Waals surface area (Å²) >= 11 is 0. The van der Waals surface area contributed by atoms with E-state index in [4.69, 9.17) is 5.73 Å². The van der Waals surface area contributed by atoms with Crippen LogP contribution in [0.3, 0.4) is 0 Å². The van der Waals surface area contributed by atoms with Crippen LogP contribution in [0.4, 0.5) is 5.69 Å². The van der Waals surface area contributed by atoms with E-state index in [-0.39, 0.29) is 5.91 Å². The maximum absolute atomic E-state index is 11.5. The zero-order valence-electron chi connectivity index (χ0n) is 15.6. The van der Waals surface area contributed by atoms with Crippen LogP contribution in [-0.2, 0) is 10.4 Å². The van der Waals surface area contributed by atoms with Crippen molar-refractivity contribution in [1.82, 2.24) is 4.90 Å². The second kappa shape index (κ2) is 6.49. The Kier molecular flexibility index (Phi) is 4.67. The van der Waals surface area contributed by atoms with Crippen molar-refractivity contribution in [3.8, 4) is 0 Å². The van der Waals surface area contributed by atoms with E-state index in [2.05, 4.69) is 26.0 Å². The molecular weight excluding hydrogens is 312 g/mol. The van der Waals surface area contributed by atoms with Crippen molar-refractivity contribution in [3.63, 3.8) is 0 Å². The molecule has 0 unspecified atom stereocenters. The number of carbonyl (C=O) groups excluding carboxylic acids is 1. The topological polar surface area (TPSA) is 66.6 Å². The Balaban J connectivity index is 1.85. The van der Waals surface area contributed by atoms with Gasteiger partial charge in [-0.3, -0.25) is 4.79 Å². The molecule has 0 radical (unpaired) electrons. The molecule has 3 N–H and O–H groups in total. The largest absolute Gasteiger partial charge is 0.398 e. The lowest BCUT2D eigenvalue weighted by molar-refractivity contribution is -0.133. The number of rotatable bonds is 2. The molecule has 1 saturated heterocycles. The lowest BCUT2D eigenvalue weighted by atomic mass is 9.76. The molecule has 4 heteroatoms. The van der Waals surface area contributed by atoms with Crippen molar-refractivity contribution in [3.05, 3.63) is 35.4 Å². The highest BCUT2D eigenvalue weighted by Crippen LogP contribution is 2.41. The van der Waals surface area contributed by atoms with Crippen LogP contribution < -0.4 is 5.73 Å². The van der Waals surface area contributed by atoms with Crippen LogP contribution in [0.25, 0.3) is 5.57 Å². The minimum atomic E-state index is -0.872. The average molecular weight is 342 g/mol. The summed E-state index contributed by atoms with van der Waals surface area (Å²) in [4.78, 5) is 13.3. The van der Waals surface area contributed by atoms with Crippen LogP contribution in [0, 0.1) is 5.41 Å². The van der Waals surface area contributed by atoms with Gasteiger partial charge >= 0.3 is 0 Å². The number of nitrogen functional groups attached to an aromatic ring is 1. The quantitative estimate of drug-likeness (QED) is 0.806. The van der Waals surface area contributed by atoms with Gasteiger partial charge in [-0.1, -0.05) is 26.0 Å². The Bertz CT molecular complexity index is 698. The fourth-order valence-corrected chi connectivity index (χ4v) is 3.93. The molecule has 4 nitrogen and oxygen atoms in total. The van der Waals surface area contributed by atoms with Crippen LogP contribution in [0.2, 0.25) is 0 Å². The molecule has 2 aliphatic rings. The van der Waals surface area contributed by atoms with Gasteiger partial charge in [0.1, 0.15) is 0 Å². The first-order chi connectivity index (χ1) is 11.7. The van der Waals surface area contributed by atoms with E-state index in [1.807, 2.05) is 12.1 Å². The standard InChI is InChI=1S/C21H30N2O2/c1-15(24)23-12-10-21(25,11-13-23)17-4-5-19(22)18(14-17)16-6-8-20(2,3)9-7-16/h4-6,14,25H,7-13,22H2,1-3H3. The minimum Gasteiger partial charge on any atom is -0.398 e. The number of amides is 1. The number of hydrogen-bond donors (Lipinski definition) is 2. The highest BCUT2D eigenvalue weighted by Gasteiger charge is 2.35. The Morgan fingerprint density at radius 3 is 2.44 bits per heavy atom. The number of aliphatic hydroxyl groups is 1. The highest BCUT2D eigenvalue weighted by molar-refractivity contribution is 5.76. The summed E-state index contributed by atoms with van der Waals surface area (Å²) in [5.41, 5.74) is 9.79. The molecule has 1 heterocycles. The number of piperidine rings is 1. The second-order valence-corrected chi connectivity index (χ2v) is 8.44. The zero-order valence-corrected chi connectivity index (χ0v) is 15.6. The molecule has 0 atom stereocenters. The molecule has 1 fully saturated rings. The van der Waals surface area contributed by atoms with Gasteiger partial charge in [-0.05, 0) is 60.8 Å². The molecular formula is C21H30N2O2. The second-order valence-electron chi connectivity index (χ2n) is 8.44. The van der Waals surface area contributed by atoms with E-state index < -0.39 is 5.60 Å². The third kappa shape index (κ3) is 3.74. The third-order valence-electron chi connectivity index (χ3n) is 5.94. The summed E-state index contributed by atoms with van der Waals surface area (Å²) in [7, 11) is 0. The summed E-state index contributed by atoms with van der Waals surface area (Å²) in [5.74, 6) is 0.0787.